The van der Waals surface area contributed by atoms with E-state index in [0.29, 0.717) is 27.7 Å². The molecule has 2 aromatic carbocycles. The Morgan fingerprint density at radius 1 is 1.17 bits per heavy atom. The predicted molar refractivity (Wildman–Crippen MR) is 89.1 cm³/mol. The van der Waals surface area contributed by atoms with Crippen LogP contribution in [0.15, 0.2) is 42.5 Å². The topological polar surface area (TPSA) is 55.4 Å². The molecule has 6 heteroatoms. The van der Waals surface area contributed by atoms with Crippen molar-refractivity contribution < 1.29 is 14.3 Å². The number of esters is 1. The lowest BCUT2D eigenvalue weighted by molar-refractivity contribution is -0.134. The molecule has 2 aromatic rings. The number of carbonyl (C=O) groups is 2. The first-order valence-corrected chi connectivity index (χ1v) is 7.72. The molecule has 118 valence electrons. The third-order valence-electron chi connectivity index (χ3n) is 3.68. The fourth-order valence-corrected chi connectivity index (χ4v) is 3.07. The Morgan fingerprint density at radius 3 is 2.52 bits per heavy atom. The Morgan fingerprint density at radius 2 is 1.83 bits per heavy atom. The predicted octanol–water partition coefficient (Wildman–Crippen LogP) is 4.10. The van der Waals surface area contributed by atoms with Crippen molar-refractivity contribution in [3.63, 3.8) is 0 Å². The molecule has 23 heavy (non-hydrogen) atoms. The van der Waals surface area contributed by atoms with Crippen molar-refractivity contribution in [3.05, 3.63) is 63.6 Å². The van der Waals surface area contributed by atoms with Gasteiger partial charge in [0.15, 0.2) is 5.60 Å². The summed E-state index contributed by atoms with van der Waals surface area (Å²) in [6, 6.07) is 11.8. The van der Waals surface area contributed by atoms with Crippen LogP contribution in [0.25, 0.3) is 0 Å². The number of amides is 1. The van der Waals surface area contributed by atoms with Crippen LogP contribution in [0, 0.1) is 0 Å². The zero-order chi connectivity index (χ0) is 16.6. The summed E-state index contributed by atoms with van der Waals surface area (Å²) < 4.78 is 5.38. The molecule has 1 amide bonds. The molecule has 0 radical (unpaired) electrons. The lowest BCUT2D eigenvalue weighted by atomic mass is 9.89. The summed E-state index contributed by atoms with van der Waals surface area (Å²) in [5.74, 6) is -0.938. The normalized spacial score (nSPS) is 19.7. The highest BCUT2D eigenvalue weighted by atomic mass is 35.5. The van der Waals surface area contributed by atoms with Gasteiger partial charge in [-0.1, -0.05) is 41.4 Å². The van der Waals surface area contributed by atoms with Gasteiger partial charge in [0, 0.05) is 22.2 Å². The van der Waals surface area contributed by atoms with Gasteiger partial charge < -0.3 is 10.1 Å². The number of cyclic esters (lactones) is 1. The van der Waals surface area contributed by atoms with E-state index in [1.165, 1.54) is 0 Å². The molecule has 0 aromatic heterocycles. The number of rotatable bonds is 2. The van der Waals surface area contributed by atoms with Crippen LogP contribution in [-0.2, 0) is 16.0 Å². The van der Waals surface area contributed by atoms with Crippen molar-refractivity contribution in [2.75, 3.05) is 5.32 Å². The third kappa shape index (κ3) is 3.19. The molecule has 0 fully saturated rings. The van der Waals surface area contributed by atoms with Gasteiger partial charge in [0.2, 0.25) is 0 Å². The summed E-state index contributed by atoms with van der Waals surface area (Å²) in [7, 11) is 0. The standard InChI is InChI=1S/C17H13Cl2NO3/c1-17(9-10-4-2-3-5-14(10)15(21)23-17)16(22)20-13-7-11(18)6-12(19)8-13/h2-8H,9H2,1H3,(H,20,22)/t17-/m1/s1. The van der Waals surface area contributed by atoms with Crippen molar-refractivity contribution in [1.29, 1.82) is 0 Å². The zero-order valence-corrected chi connectivity index (χ0v) is 13.7. The van der Waals surface area contributed by atoms with Crippen molar-refractivity contribution in [1.82, 2.24) is 0 Å². The molecule has 4 nitrogen and oxygen atoms in total. The minimum atomic E-state index is -1.29. The van der Waals surface area contributed by atoms with E-state index in [2.05, 4.69) is 5.32 Å². The van der Waals surface area contributed by atoms with Crippen LogP contribution in [0.1, 0.15) is 22.8 Å². The van der Waals surface area contributed by atoms with E-state index in [-0.39, 0.29) is 0 Å². The number of benzene rings is 2. The third-order valence-corrected chi connectivity index (χ3v) is 4.12. The van der Waals surface area contributed by atoms with Gasteiger partial charge in [-0.3, -0.25) is 4.79 Å². The van der Waals surface area contributed by atoms with Crippen LogP contribution in [0.4, 0.5) is 5.69 Å². The van der Waals surface area contributed by atoms with Gasteiger partial charge in [-0.25, -0.2) is 4.79 Å². The van der Waals surface area contributed by atoms with E-state index in [4.69, 9.17) is 27.9 Å². The molecular weight excluding hydrogens is 337 g/mol. The largest absolute Gasteiger partial charge is 0.445 e. The number of anilines is 1. The van der Waals surface area contributed by atoms with Gasteiger partial charge in [0.25, 0.3) is 5.91 Å². The highest BCUT2D eigenvalue weighted by Crippen LogP contribution is 2.30. The first-order valence-electron chi connectivity index (χ1n) is 6.96. The zero-order valence-electron chi connectivity index (χ0n) is 12.2. The number of hydrogen-bond acceptors (Lipinski definition) is 3. The summed E-state index contributed by atoms with van der Waals surface area (Å²) >= 11 is 11.8. The van der Waals surface area contributed by atoms with Crippen molar-refractivity contribution >= 4 is 40.8 Å². The Balaban J connectivity index is 1.86. The van der Waals surface area contributed by atoms with E-state index in [0.717, 1.165) is 5.56 Å². The van der Waals surface area contributed by atoms with Crippen LogP contribution in [0.2, 0.25) is 10.0 Å². The monoisotopic (exact) mass is 349 g/mol. The van der Waals surface area contributed by atoms with E-state index in [1.54, 1.807) is 37.3 Å². The van der Waals surface area contributed by atoms with Crippen molar-refractivity contribution in [2.24, 2.45) is 0 Å². The maximum Gasteiger partial charge on any atom is 0.339 e. The van der Waals surface area contributed by atoms with Crippen molar-refractivity contribution in [3.8, 4) is 0 Å². The maximum atomic E-state index is 12.6. The molecule has 0 unspecified atom stereocenters. The molecule has 1 aliphatic heterocycles. The van der Waals surface area contributed by atoms with Crippen molar-refractivity contribution in [2.45, 2.75) is 18.9 Å². The number of carbonyl (C=O) groups excluding carboxylic acids is 2. The highest BCUT2D eigenvalue weighted by molar-refractivity contribution is 6.35. The van der Waals surface area contributed by atoms with Gasteiger partial charge in [-0.15, -0.1) is 0 Å². The quantitative estimate of drug-likeness (QED) is 0.830. The average molecular weight is 350 g/mol. The second-order valence-electron chi connectivity index (χ2n) is 5.57. The summed E-state index contributed by atoms with van der Waals surface area (Å²) in [6.45, 7) is 1.59. The van der Waals surface area contributed by atoms with Crippen LogP contribution in [0.5, 0.6) is 0 Å². The van der Waals surface area contributed by atoms with Crippen LogP contribution in [-0.4, -0.2) is 17.5 Å². The summed E-state index contributed by atoms with van der Waals surface area (Å²) in [5, 5.41) is 3.51. The number of halogens is 2. The van der Waals surface area contributed by atoms with Gasteiger partial charge in [-0.05, 0) is 36.8 Å². The van der Waals surface area contributed by atoms with Gasteiger partial charge in [-0.2, -0.15) is 0 Å². The fourth-order valence-electron chi connectivity index (χ4n) is 2.55. The molecule has 0 bridgehead atoms. The number of ether oxygens (including phenoxy) is 1. The second kappa shape index (κ2) is 5.87. The highest BCUT2D eigenvalue weighted by Gasteiger charge is 2.42. The summed E-state index contributed by atoms with van der Waals surface area (Å²) in [5.41, 5.74) is 0.429. The van der Waals surface area contributed by atoms with Crippen LogP contribution < -0.4 is 5.32 Å². The van der Waals surface area contributed by atoms with E-state index < -0.39 is 17.5 Å². The minimum absolute atomic E-state index is 0.301. The van der Waals surface area contributed by atoms with Crippen LogP contribution in [0.3, 0.4) is 0 Å². The number of hydrogen-bond donors (Lipinski definition) is 1. The molecule has 0 saturated carbocycles. The average Bonchev–Trinajstić information content (AvgIpc) is 2.46. The maximum absolute atomic E-state index is 12.6. The molecule has 0 saturated heterocycles. The van der Waals surface area contributed by atoms with Crippen LogP contribution >= 0.6 is 23.2 Å². The lowest BCUT2D eigenvalue weighted by Crippen LogP contribution is -2.48. The Hall–Kier alpha value is -2.04. The SMILES string of the molecule is C[C@]1(C(=O)Nc2cc(Cl)cc(Cl)c2)Cc2ccccc2C(=O)O1. The van der Waals surface area contributed by atoms with E-state index in [1.807, 2.05) is 12.1 Å². The molecule has 0 spiro atoms. The summed E-state index contributed by atoms with van der Waals surface area (Å²) in [4.78, 5) is 24.7. The molecule has 1 heterocycles. The molecular formula is C17H13Cl2NO3. The molecule has 1 aliphatic rings. The fraction of sp³-hybridized carbons (Fsp3) is 0.176. The van der Waals surface area contributed by atoms with E-state index >= 15 is 0 Å². The first-order chi connectivity index (χ1) is 10.9. The van der Waals surface area contributed by atoms with Gasteiger partial charge in [0.1, 0.15) is 0 Å². The second-order valence-corrected chi connectivity index (χ2v) is 6.44. The molecule has 1 atom stereocenters. The van der Waals surface area contributed by atoms with E-state index in [9.17, 15) is 9.59 Å². The molecule has 1 N–H and O–H groups in total. The smallest absolute Gasteiger partial charge is 0.339 e. The Kier molecular flexibility index (Phi) is 4.04. The summed E-state index contributed by atoms with van der Waals surface area (Å²) in [6.07, 6.45) is 0.301. The molecule has 0 aliphatic carbocycles. The van der Waals surface area contributed by atoms with Gasteiger partial charge in [0.05, 0.1) is 5.56 Å². The number of fused-ring (bicyclic) bond motifs is 1. The molecule has 3 rings (SSSR count). The first kappa shape index (κ1) is 15.8. The number of nitrogens with one attached hydrogen (secondary N) is 1. The minimum Gasteiger partial charge on any atom is -0.445 e. The Labute approximate surface area is 143 Å². The van der Waals surface area contributed by atoms with Gasteiger partial charge >= 0.3 is 5.97 Å². The Bertz CT molecular complexity index is 786. The lowest BCUT2D eigenvalue weighted by Gasteiger charge is -2.33.